The van der Waals surface area contributed by atoms with Crippen molar-refractivity contribution in [1.29, 1.82) is 0 Å². The number of hydrogen-bond donors (Lipinski definition) is 1. The molecule has 5 nitrogen and oxygen atoms in total. The van der Waals surface area contributed by atoms with Gasteiger partial charge in [-0.25, -0.2) is 8.60 Å². The standard InChI is InChI=1S/C6H4FNO4S/c7-4-1-2-6(13(11)12)5(3-4)8(9)10/h1-3H,(H,11,12). The highest BCUT2D eigenvalue weighted by atomic mass is 32.2. The Hall–Kier alpha value is -1.34. The van der Waals surface area contributed by atoms with E-state index in [1.165, 1.54) is 0 Å². The van der Waals surface area contributed by atoms with Crippen molar-refractivity contribution in [3.8, 4) is 0 Å². The van der Waals surface area contributed by atoms with Crippen LogP contribution in [0, 0.1) is 15.9 Å². The predicted octanol–water partition coefficient (Wildman–Crippen LogP) is 1.31. The molecule has 0 aliphatic rings. The molecule has 0 bridgehead atoms. The molecule has 0 aliphatic heterocycles. The van der Waals surface area contributed by atoms with Crippen LogP contribution in [0.2, 0.25) is 0 Å². The Morgan fingerprint density at radius 2 is 2.15 bits per heavy atom. The molecular formula is C6H4FNO4S. The van der Waals surface area contributed by atoms with E-state index in [1.54, 1.807) is 0 Å². The van der Waals surface area contributed by atoms with E-state index in [4.69, 9.17) is 4.55 Å². The molecule has 0 saturated heterocycles. The number of halogens is 1. The number of nitro groups is 1. The summed E-state index contributed by atoms with van der Waals surface area (Å²) in [6, 6.07) is 2.39. The molecule has 70 valence electrons. The van der Waals surface area contributed by atoms with Crippen LogP contribution in [0.5, 0.6) is 0 Å². The molecule has 13 heavy (non-hydrogen) atoms. The van der Waals surface area contributed by atoms with E-state index in [0.717, 1.165) is 12.1 Å². The Morgan fingerprint density at radius 3 is 2.62 bits per heavy atom. The minimum absolute atomic E-state index is 0.411. The van der Waals surface area contributed by atoms with Crippen LogP contribution >= 0.6 is 0 Å². The maximum atomic E-state index is 12.5. The lowest BCUT2D eigenvalue weighted by atomic mass is 10.3. The molecule has 0 saturated carbocycles. The van der Waals surface area contributed by atoms with Crippen LogP contribution in [0.3, 0.4) is 0 Å². The van der Waals surface area contributed by atoms with Crippen molar-refractivity contribution in [3.63, 3.8) is 0 Å². The third kappa shape index (κ3) is 2.07. The third-order valence-corrected chi connectivity index (χ3v) is 2.03. The lowest BCUT2D eigenvalue weighted by Gasteiger charge is -1.96. The summed E-state index contributed by atoms with van der Waals surface area (Å²) in [6.45, 7) is 0. The van der Waals surface area contributed by atoms with Crippen LogP contribution in [-0.4, -0.2) is 13.7 Å². The first-order valence-corrected chi connectivity index (χ1v) is 4.18. The molecular weight excluding hydrogens is 201 g/mol. The van der Waals surface area contributed by atoms with Crippen molar-refractivity contribution in [1.82, 2.24) is 0 Å². The zero-order valence-electron chi connectivity index (χ0n) is 6.14. The molecule has 0 aliphatic carbocycles. The zero-order valence-corrected chi connectivity index (χ0v) is 6.95. The Kier molecular flexibility index (Phi) is 2.69. The van der Waals surface area contributed by atoms with Crippen molar-refractivity contribution >= 4 is 16.8 Å². The topological polar surface area (TPSA) is 80.4 Å². The van der Waals surface area contributed by atoms with Gasteiger partial charge in [-0.05, 0) is 12.1 Å². The van der Waals surface area contributed by atoms with Gasteiger partial charge in [-0.1, -0.05) is 0 Å². The van der Waals surface area contributed by atoms with Gasteiger partial charge in [0.25, 0.3) is 5.69 Å². The number of rotatable bonds is 2. The maximum Gasteiger partial charge on any atom is 0.290 e. The van der Waals surface area contributed by atoms with Crippen LogP contribution < -0.4 is 0 Å². The number of nitro benzene ring substituents is 1. The number of benzene rings is 1. The molecule has 1 N–H and O–H groups in total. The van der Waals surface area contributed by atoms with Crippen LogP contribution in [0.15, 0.2) is 23.1 Å². The SMILES string of the molecule is O=[N+]([O-])c1cc(F)ccc1S(=O)O. The molecule has 0 radical (unpaired) electrons. The molecule has 0 fully saturated rings. The molecule has 0 heterocycles. The average Bonchev–Trinajstić information content (AvgIpc) is 2.03. The molecule has 1 aromatic rings. The molecule has 1 aromatic carbocycles. The Balaban J connectivity index is 3.35. The van der Waals surface area contributed by atoms with Crippen molar-refractivity contribution < 1.29 is 18.1 Å². The fourth-order valence-electron chi connectivity index (χ4n) is 0.781. The van der Waals surface area contributed by atoms with Gasteiger partial charge >= 0.3 is 0 Å². The van der Waals surface area contributed by atoms with Gasteiger partial charge < -0.3 is 4.55 Å². The summed E-state index contributed by atoms with van der Waals surface area (Å²) in [5.41, 5.74) is -0.694. The molecule has 1 unspecified atom stereocenters. The normalized spacial score (nSPS) is 12.5. The second-order valence-electron chi connectivity index (χ2n) is 2.12. The van der Waals surface area contributed by atoms with Crippen LogP contribution in [0.4, 0.5) is 10.1 Å². The predicted molar refractivity (Wildman–Crippen MR) is 42.1 cm³/mol. The van der Waals surface area contributed by atoms with Gasteiger partial charge in [0.2, 0.25) is 0 Å². The summed E-state index contributed by atoms with van der Waals surface area (Å²) < 4.78 is 31.6. The van der Waals surface area contributed by atoms with Gasteiger partial charge in [0.1, 0.15) is 10.7 Å². The number of hydrogen-bond acceptors (Lipinski definition) is 3. The Bertz CT molecular complexity index is 381. The second kappa shape index (κ2) is 3.58. The summed E-state index contributed by atoms with van der Waals surface area (Å²) >= 11 is -2.48. The lowest BCUT2D eigenvalue weighted by molar-refractivity contribution is -0.388. The minimum Gasteiger partial charge on any atom is -0.302 e. The van der Waals surface area contributed by atoms with Crippen molar-refractivity contribution in [2.24, 2.45) is 0 Å². The summed E-state index contributed by atoms with van der Waals surface area (Å²) in [4.78, 5) is 8.95. The third-order valence-electron chi connectivity index (χ3n) is 1.31. The van der Waals surface area contributed by atoms with Crippen molar-refractivity contribution in [2.45, 2.75) is 4.90 Å². The molecule has 0 aromatic heterocycles. The van der Waals surface area contributed by atoms with E-state index >= 15 is 0 Å². The monoisotopic (exact) mass is 205 g/mol. The molecule has 1 rings (SSSR count). The van der Waals surface area contributed by atoms with Crippen LogP contribution in [0.25, 0.3) is 0 Å². The summed E-state index contributed by atoms with van der Waals surface area (Å²) in [7, 11) is 0. The van der Waals surface area contributed by atoms with Crippen molar-refractivity contribution in [2.75, 3.05) is 0 Å². The van der Waals surface area contributed by atoms with E-state index in [2.05, 4.69) is 0 Å². The van der Waals surface area contributed by atoms with Gasteiger partial charge in [-0.15, -0.1) is 0 Å². The largest absolute Gasteiger partial charge is 0.302 e. The van der Waals surface area contributed by atoms with Gasteiger partial charge in [-0.3, -0.25) is 10.1 Å². The first-order chi connectivity index (χ1) is 6.02. The minimum atomic E-state index is -2.48. The molecule has 0 spiro atoms. The summed E-state index contributed by atoms with van der Waals surface area (Å²) in [6.07, 6.45) is 0. The van der Waals surface area contributed by atoms with E-state index in [9.17, 15) is 18.7 Å². The van der Waals surface area contributed by atoms with Crippen molar-refractivity contribution in [3.05, 3.63) is 34.1 Å². The van der Waals surface area contributed by atoms with Gasteiger partial charge in [-0.2, -0.15) is 0 Å². The lowest BCUT2D eigenvalue weighted by Crippen LogP contribution is -1.97. The molecule has 0 amide bonds. The van der Waals surface area contributed by atoms with Gasteiger partial charge in [0, 0.05) is 0 Å². The second-order valence-corrected chi connectivity index (χ2v) is 3.06. The molecule has 7 heteroatoms. The maximum absolute atomic E-state index is 12.5. The Morgan fingerprint density at radius 1 is 1.54 bits per heavy atom. The first kappa shape index (κ1) is 9.75. The van der Waals surface area contributed by atoms with Crippen LogP contribution in [0.1, 0.15) is 0 Å². The Labute approximate surface area is 74.6 Å². The van der Waals surface area contributed by atoms with E-state index in [1.807, 2.05) is 0 Å². The highest BCUT2D eigenvalue weighted by molar-refractivity contribution is 7.79. The van der Waals surface area contributed by atoms with Crippen LogP contribution in [-0.2, 0) is 11.1 Å². The summed E-state index contributed by atoms with van der Waals surface area (Å²) in [5, 5.41) is 10.3. The van der Waals surface area contributed by atoms with E-state index in [0.29, 0.717) is 6.07 Å². The highest BCUT2D eigenvalue weighted by Gasteiger charge is 2.18. The first-order valence-electron chi connectivity index (χ1n) is 3.07. The smallest absolute Gasteiger partial charge is 0.290 e. The van der Waals surface area contributed by atoms with E-state index < -0.39 is 32.4 Å². The van der Waals surface area contributed by atoms with Gasteiger partial charge in [0.15, 0.2) is 11.1 Å². The highest BCUT2D eigenvalue weighted by Crippen LogP contribution is 2.21. The molecule has 1 atom stereocenters. The number of nitrogens with zero attached hydrogens (tertiary/aromatic N) is 1. The average molecular weight is 205 g/mol. The summed E-state index contributed by atoms with van der Waals surface area (Å²) in [5.74, 6) is -0.819. The quantitative estimate of drug-likeness (QED) is 0.448. The van der Waals surface area contributed by atoms with E-state index in [-0.39, 0.29) is 0 Å². The van der Waals surface area contributed by atoms with Gasteiger partial charge in [0.05, 0.1) is 11.0 Å². The fourth-order valence-corrected chi connectivity index (χ4v) is 1.28. The fraction of sp³-hybridized carbons (Fsp3) is 0. The zero-order chi connectivity index (χ0) is 10.0.